The Balaban J connectivity index is 2.24. The van der Waals surface area contributed by atoms with Crippen LogP contribution in [0.25, 0.3) is 0 Å². The summed E-state index contributed by atoms with van der Waals surface area (Å²) in [4.78, 5) is 23.9. The third-order valence-corrected chi connectivity index (χ3v) is 3.18. The zero-order valence-corrected chi connectivity index (χ0v) is 10.8. The zero-order valence-electron chi connectivity index (χ0n) is 10.8. The molecule has 1 saturated heterocycles. The predicted molar refractivity (Wildman–Crippen MR) is 66.1 cm³/mol. The van der Waals surface area contributed by atoms with Crippen LogP contribution in [-0.4, -0.2) is 53.7 Å². The molecule has 0 spiro atoms. The van der Waals surface area contributed by atoms with E-state index in [9.17, 15) is 9.59 Å². The highest BCUT2D eigenvalue weighted by Gasteiger charge is 2.25. The topological polar surface area (TPSA) is 92.9 Å². The number of carbonyl (C=O) groups is 2. The summed E-state index contributed by atoms with van der Waals surface area (Å²) in [6, 6.07) is -0.408. The zero-order chi connectivity index (χ0) is 13.5. The van der Waals surface area contributed by atoms with Crippen LogP contribution >= 0.6 is 0 Å². The molecule has 1 rings (SSSR count). The lowest BCUT2D eigenvalue weighted by atomic mass is 10.1. The number of carboxylic acids is 1. The maximum absolute atomic E-state index is 11.8. The SMILES string of the molecule is CC[C@H](N)C(=O)N1CCC(OCCC(=O)O)CC1. The van der Waals surface area contributed by atoms with Gasteiger partial charge in [-0.2, -0.15) is 0 Å². The van der Waals surface area contributed by atoms with Crippen LogP contribution in [0.4, 0.5) is 0 Å². The van der Waals surface area contributed by atoms with E-state index in [0.29, 0.717) is 19.5 Å². The van der Waals surface area contributed by atoms with Gasteiger partial charge >= 0.3 is 5.97 Å². The molecule has 0 aromatic rings. The van der Waals surface area contributed by atoms with Gasteiger partial charge in [0.2, 0.25) is 5.91 Å². The van der Waals surface area contributed by atoms with E-state index in [-0.39, 0.29) is 25.0 Å². The number of likely N-dealkylation sites (tertiary alicyclic amines) is 1. The molecule has 6 heteroatoms. The summed E-state index contributed by atoms with van der Waals surface area (Å²) in [5, 5.41) is 8.50. The first-order valence-electron chi connectivity index (χ1n) is 6.42. The van der Waals surface area contributed by atoms with Crippen LogP contribution in [0, 0.1) is 0 Å². The smallest absolute Gasteiger partial charge is 0.305 e. The molecule has 0 aromatic carbocycles. The Morgan fingerprint density at radius 3 is 2.56 bits per heavy atom. The summed E-state index contributed by atoms with van der Waals surface area (Å²) >= 11 is 0. The van der Waals surface area contributed by atoms with Gasteiger partial charge in [-0.15, -0.1) is 0 Å². The van der Waals surface area contributed by atoms with Gasteiger partial charge in [-0.25, -0.2) is 0 Å². The summed E-state index contributed by atoms with van der Waals surface area (Å²) < 4.78 is 5.46. The Hall–Kier alpha value is -1.14. The highest BCUT2D eigenvalue weighted by atomic mass is 16.5. The molecule has 0 unspecified atom stereocenters. The number of rotatable bonds is 6. The minimum Gasteiger partial charge on any atom is -0.481 e. The van der Waals surface area contributed by atoms with Crippen LogP contribution in [0.1, 0.15) is 32.6 Å². The van der Waals surface area contributed by atoms with Crippen LogP contribution in [0.3, 0.4) is 0 Å². The van der Waals surface area contributed by atoms with E-state index in [1.165, 1.54) is 0 Å². The lowest BCUT2D eigenvalue weighted by Gasteiger charge is -2.33. The molecular formula is C12H22N2O4. The molecule has 1 aliphatic rings. The summed E-state index contributed by atoms with van der Waals surface area (Å²) in [6.07, 6.45) is 2.24. The van der Waals surface area contributed by atoms with E-state index >= 15 is 0 Å². The molecule has 0 aliphatic carbocycles. The van der Waals surface area contributed by atoms with Gasteiger partial charge in [-0.05, 0) is 19.3 Å². The van der Waals surface area contributed by atoms with E-state index in [1.807, 2.05) is 6.92 Å². The number of carbonyl (C=O) groups excluding carboxylic acids is 1. The van der Waals surface area contributed by atoms with Crippen LogP contribution < -0.4 is 5.73 Å². The summed E-state index contributed by atoms with van der Waals surface area (Å²) in [6.45, 7) is 3.42. The van der Waals surface area contributed by atoms with Crippen molar-refractivity contribution < 1.29 is 19.4 Å². The van der Waals surface area contributed by atoms with Crippen molar-refractivity contribution in [1.82, 2.24) is 4.90 Å². The molecular weight excluding hydrogens is 236 g/mol. The second-order valence-corrected chi connectivity index (χ2v) is 4.55. The maximum Gasteiger partial charge on any atom is 0.305 e. The molecule has 1 aliphatic heterocycles. The number of hydrogen-bond donors (Lipinski definition) is 2. The average molecular weight is 258 g/mol. The van der Waals surface area contributed by atoms with E-state index in [0.717, 1.165) is 12.8 Å². The van der Waals surface area contributed by atoms with Crippen LogP contribution in [0.2, 0.25) is 0 Å². The Labute approximate surface area is 107 Å². The molecule has 1 atom stereocenters. The minimum atomic E-state index is -0.850. The Bertz CT molecular complexity index is 288. The molecule has 3 N–H and O–H groups in total. The van der Waals surface area contributed by atoms with Gasteiger partial charge in [0.15, 0.2) is 0 Å². The first-order chi connectivity index (χ1) is 8.54. The molecule has 1 fully saturated rings. The fraction of sp³-hybridized carbons (Fsp3) is 0.833. The largest absolute Gasteiger partial charge is 0.481 e. The highest BCUT2D eigenvalue weighted by Crippen LogP contribution is 2.15. The quantitative estimate of drug-likeness (QED) is 0.710. The van der Waals surface area contributed by atoms with Crippen molar-refractivity contribution >= 4 is 11.9 Å². The normalized spacial score (nSPS) is 18.7. The van der Waals surface area contributed by atoms with Gasteiger partial charge in [-0.1, -0.05) is 6.92 Å². The molecule has 0 saturated carbocycles. The van der Waals surface area contributed by atoms with Gasteiger partial charge in [-0.3, -0.25) is 9.59 Å². The number of aliphatic carboxylic acids is 1. The van der Waals surface area contributed by atoms with E-state index in [4.69, 9.17) is 15.6 Å². The van der Waals surface area contributed by atoms with Crippen molar-refractivity contribution in [2.24, 2.45) is 5.73 Å². The Kier molecular flexibility index (Phi) is 6.07. The lowest BCUT2D eigenvalue weighted by Crippen LogP contribution is -2.48. The number of piperidine rings is 1. The second kappa shape index (κ2) is 7.33. The molecule has 0 bridgehead atoms. The van der Waals surface area contributed by atoms with E-state index < -0.39 is 12.0 Å². The van der Waals surface area contributed by atoms with Crippen LogP contribution in [-0.2, 0) is 14.3 Å². The van der Waals surface area contributed by atoms with Crippen molar-refractivity contribution in [2.45, 2.75) is 44.8 Å². The van der Waals surface area contributed by atoms with Gasteiger partial charge < -0.3 is 20.5 Å². The average Bonchev–Trinajstić information content (AvgIpc) is 2.37. The Morgan fingerprint density at radius 2 is 2.06 bits per heavy atom. The molecule has 6 nitrogen and oxygen atoms in total. The number of carboxylic acid groups (broad SMARTS) is 1. The summed E-state index contributed by atoms with van der Waals surface area (Å²) in [7, 11) is 0. The number of hydrogen-bond acceptors (Lipinski definition) is 4. The third kappa shape index (κ3) is 4.62. The van der Waals surface area contributed by atoms with Crippen molar-refractivity contribution in [3.63, 3.8) is 0 Å². The minimum absolute atomic E-state index is 0.00138. The predicted octanol–water partition coefficient (Wildman–Crippen LogP) is 0.206. The number of nitrogens with zero attached hydrogens (tertiary/aromatic N) is 1. The molecule has 104 valence electrons. The second-order valence-electron chi connectivity index (χ2n) is 4.55. The third-order valence-electron chi connectivity index (χ3n) is 3.18. The molecule has 1 amide bonds. The van der Waals surface area contributed by atoms with E-state index in [1.54, 1.807) is 4.90 Å². The van der Waals surface area contributed by atoms with Crippen LogP contribution in [0.5, 0.6) is 0 Å². The maximum atomic E-state index is 11.8. The fourth-order valence-corrected chi connectivity index (χ4v) is 1.96. The number of ether oxygens (including phenoxy) is 1. The van der Waals surface area contributed by atoms with Gasteiger partial charge in [0.25, 0.3) is 0 Å². The van der Waals surface area contributed by atoms with Crippen molar-refractivity contribution in [2.75, 3.05) is 19.7 Å². The van der Waals surface area contributed by atoms with Gasteiger partial charge in [0.05, 0.1) is 25.2 Å². The Morgan fingerprint density at radius 1 is 1.44 bits per heavy atom. The number of amides is 1. The van der Waals surface area contributed by atoms with Crippen molar-refractivity contribution in [1.29, 1.82) is 0 Å². The summed E-state index contributed by atoms with van der Waals surface area (Å²) in [5.41, 5.74) is 5.71. The molecule has 1 heterocycles. The number of nitrogens with two attached hydrogens (primary N) is 1. The first kappa shape index (κ1) is 14.9. The van der Waals surface area contributed by atoms with Gasteiger partial charge in [0.1, 0.15) is 0 Å². The molecule has 0 aromatic heterocycles. The summed E-state index contributed by atoms with van der Waals surface area (Å²) in [5.74, 6) is -0.849. The standard InChI is InChI=1S/C12H22N2O4/c1-2-10(13)12(17)14-6-3-9(4-7-14)18-8-5-11(15)16/h9-10H,2-8,13H2,1H3,(H,15,16)/t10-/m0/s1. The fourth-order valence-electron chi connectivity index (χ4n) is 1.96. The van der Waals surface area contributed by atoms with E-state index in [2.05, 4.69) is 0 Å². The lowest BCUT2D eigenvalue weighted by molar-refractivity contribution is -0.139. The monoisotopic (exact) mass is 258 g/mol. The molecule has 0 radical (unpaired) electrons. The van der Waals surface area contributed by atoms with Crippen molar-refractivity contribution in [3.05, 3.63) is 0 Å². The van der Waals surface area contributed by atoms with Crippen molar-refractivity contribution in [3.8, 4) is 0 Å². The highest BCUT2D eigenvalue weighted by molar-refractivity contribution is 5.81. The first-order valence-corrected chi connectivity index (χ1v) is 6.42. The van der Waals surface area contributed by atoms with Crippen LogP contribution in [0.15, 0.2) is 0 Å². The molecule has 18 heavy (non-hydrogen) atoms. The van der Waals surface area contributed by atoms with Gasteiger partial charge in [0, 0.05) is 13.1 Å².